The maximum Gasteiger partial charge on any atom is 0.134 e. The van der Waals surface area contributed by atoms with Crippen LogP contribution < -0.4 is 5.32 Å². The Balaban J connectivity index is 2.03. The molecule has 0 unspecified atom stereocenters. The second-order valence-electron chi connectivity index (χ2n) is 4.57. The summed E-state index contributed by atoms with van der Waals surface area (Å²) in [7, 11) is 0. The van der Waals surface area contributed by atoms with Crippen molar-refractivity contribution in [3.63, 3.8) is 0 Å². The van der Waals surface area contributed by atoms with E-state index in [0.29, 0.717) is 0 Å². The van der Waals surface area contributed by atoms with E-state index in [-0.39, 0.29) is 0 Å². The lowest BCUT2D eigenvalue weighted by molar-refractivity contribution is 0.716. The Morgan fingerprint density at radius 2 is 2.05 bits per heavy atom. The Morgan fingerprint density at radius 3 is 2.71 bits per heavy atom. The molecule has 0 spiro atoms. The van der Waals surface area contributed by atoms with Crippen LogP contribution in [0.25, 0.3) is 20.3 Å². The Labute approximate surface area is 141 Å². The van der Waals surface area contributed by atoms with E-state index in [1.807, 2.05) is 6.07 Å². The molecule has 2 nitrogen and oxygen atoms in total. The summed E-state index contributed by atoms with van der Waals surface area (Å²) in [5.74, 6) is 0. The van der Waals surface area contributed by atoms with Crippen molar-refractivity contribution in [1.82, 2.24) is 10.3 Å². The molecule has 3 aromatic rings. The molecule has 0 saturated carbocycles. The van der Waals surface area contributed by atoms with Gasteiger partial charge in [-0.05, 0) is 34.1 Å². The van der Waals surface area contributed by atoms with Crippen molar-refractivity contribution in [3.8, 4) is 20.3 Å². The second kappa shape index (κ2) is 6.83. The average Bonchev–Trinajstić information content (AvgIpc) is 3.12. The molecule has 2 heterocycles. The van der Waals surface area contributed by atoms with Gasteiger partial charge in [0.25, 0.3) is 0 Å². The molecule has 0 fully saturated rings. The van der Waals surface area contributed by atoms with Gasteiger partial charge in [-0.25, -0.2) is 4.98 Å². The molecular formula is C16H15BrN2S2. The molecule has 0 amide bonds. The first-order valence-electron chi connectivity index (χ1n) is 6.78. The van der Waals surface area contributed by atoms with Gasteiger partial charge in [0.15, 0.2) is 0 Å². The van der Waals surface area contributed by atoms with Gasteiger partial charge < -0.3 is 5.32 Å². The van der Waals surface area contributed by atoms with E-state index < -0.39 is 0 Å². The van der Waals surface area contributed by atoms with Gasteiger partial charge in [-0.15, -0.1) is 22.7 Å². The first-order chi connectivity index (χ1) is 10.3. The summed E-state index contributed by atoms with van der Waals surface area (Å²) >= 11 is 7.01. The fraction of sp³-hybridized carbons (Fsp3) is 0.188. The zero-order valence-electron chi connectivity index (χ0n) is 11.6. The lowest BCUT2D eigenvalue weighted by Crippen LogP contribution is -2.12. The van der Waals surface area contributed by atoms with Gasteiger partial charge in [0.05, 0.1) is 15.4 Å². The van der Waals surface area contributed by atoms with Gasteiger partial charge >= 0.3 is 0 Å². The summed E-state index contributed by atoms with van der Waals surface area (Å²) in [6.45, 7) is 3.88. The highest BCUT2D eigenvalue weighted by molar-refractivity contribution is 9.10. The smallest absolute Gasteiger partial charge is 0.134 e. The van der Waals surface area contributed by atoms with Crippen LogP contribution in [0.4, 0.5) is 0 Å². The van der Waals surface area contributed by atoms with E-state index >= 15 is 0 Å². The fourth-order valence-corrected chi connectivity index (χ4v) is 4.64. The van der Waals surface area contributed by atoms with Crippen LogP contribution in [0.5, 0.6) is 0 Å². The first kappa shape index (κ1) is 14.9. The van der Waals surface area contributed by atoms with Crippen LogP contribution in [0.3, 0.4) is 0 Å². The Kier molecular flexibility index (Phi) is 4.85. The minimum atomic E-state index is 0.809. The lowest BCUT2D eigenvalue weighted by Gasteiger charge is -2.02. The van der Waals surface area contributed by atoms with Gasteiger partial charge in [0, 0.05) is 16.4 Å². The van der Waals surface area contributed by atoms with Gasteiger partial charge in [-0.3, -0.25) is 0 Å². The van der Waals surface area contributed by atoms with E-state index in [0.717, 1.165) is 28.3 Å². The van der Waals surface area contributed by atoms with E-state index in [1.165, 1.54) is 15.3 Å². The van der Waals surface area contributed by atoms with Crippen molar-refractivity contribution in [3.05, 3.63) is 51.9 Å². The van der Waals surface area contributed by atoms with Gasteiger partial charge in [-0.2, -0.15) is 0 Å². The molecule has 21 heavy (non-hydrogen) atoms. The molecule has 0 aliphatic heterocycles. The number of nitrogens with one attached hydrogen (secondary N) is 1. The number of thiazole rings is 1. The summed E-state index contributed by atoms with van der Waals surface area (Å²) in [5.41, 5.74) is 2.37. The molecule has 0 saturated heterocycles. The van der Waals surface area contributed by atoms with Crippen LogP contribution in [-0.4, -0.2) is 11.5 Å². The summed E-state index contributed by atoms with van der Waals surface area (Å²) < 4.78 is 1.12. The zero-order chi connectivity index (χ0) is 14.7. The van der Waals surface area contributed by atoms with Gasteiger partial charge in [-0.1, -0.05) is 37.3 Å². The Bertz CT molecular complexity index is 719. The number of benzene rings is 1. The van der Waals surface area contributed by atoms with Crippen molar-refractivity contribution in [2.75, 3.05) is 6.54 Å². The molecule has 2 aromatic heterocycles. The predicted molar refractivity (Wildman–Crippen MR) is 95.9 cm³/mol. The highest BCUT2D eigenvalue weighted by Gasteiger charge is 2.14. The Hall–Kier alpha value is -1.01. The van der Waals surface area contributed by atoms with Gasteiger partial charge in [0.1, 0.15) is 5.01 Å². The standard InChI is InChI=1S/C16H15BrN2S2/c1-2-18-9-13-15(11-6-4-3-5-7-11)21-16(19-13)14-8-12(17)10-20-14/h3-8,10,18H,2,9H2,1H3. The van der Waals surface area contributed by atoms with E-state index in [2.05, 4.69) is 63.9 Å². The third kappa shape index (κ3) is 3.43. The molecule has 3 rings (SSSR count). The highest BCUT2D eigenvalue weighted by Crippen LogP contribution is 2.38. The number of rotatable bonds is 5. The number of hydrogen-bond acceptors (Lipinski definition) is 4. The van der Waals surface area contributed by atoms with Gasteiger partial charge in [0.2, 0.25) is 0 Å². The van der Waals surface area contributed by atoms with Crippen LogP contribution in [0.2, 0.25) is 0 Å². The molecule has 0 atom stereocenters. The number of halogens is 1. The highest BCUT2D eigenvalue weighted by atomic mass is 79.9. The summed E-state index contributed by atoms with van der Waals surface area (Å²) in [6, 6.07) is 12.6. The van der Waals surface area contributed by atoms with E-state index in [4.69, 9.17) is 4.98 Å². The maximum absolute atomic E-state index is 4.85. The monoisotopic (exact) mass is 378 g/mol. The van der Waals surface area contributed by atoms with Crippen molar-refractivity contribution in [1.29, 1.82) is 0 Å². The number of thiophene rings is 1. The molecule has 5 heteroatoms. The number of aromatic nitrogens is 1. The van der Waals surface area contributed by atoms with Crippen LogP contribution in [-0.2, 0) is 6.54 Å². The third-order valence-electron chi connectivity index (χ3n) is 3.05. The van der Waals surface area contributed by atoms with Crippen LogP contribution in [0, 0.1) is 0 Å². The summed E-state index contributed by atoms with van der Waals surface area (Å²) in [5, 5.41) is 6.58. The molecule has 0 aliphatic carbocycles. The van der Waals surface area contributed by atoms with Crippen molar-refractivity contribution < 1.29 is 0 Å². The number of hydrogen-bond donors (Lipinski definition) is 1. The quantitative estimate of drug-likeness (QED) is 0.641. The van der Waals surface area contributed by atoms with Crippen LogP contribution in [0.1, 0.15) is 12.6 Å². The van der Waals surface area contributed by atoms with Crippen molar-refractivity contribution in [2.24, 2.45) is 0 Å². The second-order valence-corrected chi connectivity index (χ2v) is 7.40. The molecule has 108 valence electrons. The lowest BCUT2D eigenvalue weighted by atomic mass is 10.1. The molecule has 0 aliphatic rings. The van der Waals surface area contributed by atoms with Crippen LogP contribution >= 0.6 is 38.6 Å². The Morgan fingerprint density at radius 1 is 1.24 bits per heavy atom. The van der Waals surface area contributed by atoms with E-state index in [9.17, 15) is 0 Å². The summed E-state index contributed by atoms with van der Waals surface area (Å²) in [6.07, 6.45) is 0. The number of nitrogens with zero attached hydrogens (tertiary/aromatic N) is 1. The van der Waals surface area contributed by atoms with E-state index in [1.54, 1.807) is 22.7 Å². The summed E-state index contributed by atoms with van der Waals surface area (Å²) in [4.78, 5) is 7.33. The SMILES string of the molecule is CCNCc1nc(-c2cc(Br)cs2)sc1-c1ccccc1. The zero-order valence-corrected chi connectivity index (χ0v) is 14.8. The minimum Gasteiger partial charge on any atom is -0.311 e. The molecule has 1 N–H and O–H groups in total. The largest absolute Gasteiger partial charge is 0.311 e. The normalized spacial score (nSPS) is 11.0. The molecule has 0 bridgehead atoms. The predicted octanol–water partition coefficient (Wildman–Crippen LogP) is 5.41. The molecule has 0 radical (unpaired) electrons. The maximum atomic E-state index is 4.85. The van der Waals surface area contributed by atoms with Crippen molar-refractivity contribution >= 4 is 38.6 Å². The topological polar surface area (TPSA) is 24.9 Å². The molecule has 1 aromatic carbocycles. The molecular weight excluding hydrogens is 364 g/mol. The van der Waals surface area contributed by atoms with Crippen LogP contribution in [0.15, 0.2) is 46.3 Å². The third-order valence-corrected chi connectivity index (χ3v) is 6.06. The minimum absolute atomic E-state index is 0.809. The first-order valence-corrected chi connectivity index (χ1v) is 9.27. The average molecular weight is 379 g/mol. The van der Waals surface area contributed by atoms with Crippen molar-refractivity contribution in [2.45, 2.75) is 13.5 Å². The fourth-order valence-electron chi connectivity index (χ4n) is 2.06.